The normalized spacial score (nSPS) is 18.9. The molecule has 5 heteroatoms. The highest BCUT2D eigenvalue weighted by Crippen LogP contribution is 2.36. The molecule has 0 aromatic carbocycles. The predicted molar refractivity (Wildman–Crippen MR) is 47.1 cm³/mol. The molecule has 1 saturated carbocycles. The van der Waals surface area contributed by atoms with E-state index in [4.69, 9.17) is 10.5 Å². The first-order valence-corrected chi connectivity index (χ1v) is 4.49. The number of hydrogen-bond donors (Lipinski definition) is 1. The molecule has 0 amide bonds. The number of nitrogens with two attached hydrogens (primary N) is 1. The largest absolute Gasteiger partial charge is 0.372 e. The van der Waals surface area contributed by atoms with Gasteiger partial charge in [-0.25, -0.2) is 0 Å². The maximum atomic E-state index is 5.56. The SMILES string of the molecule is COC(CN)c1nncn1C1CC1. The molecule has 1 aromatic heterocycles. The zero-order chi connectivity index (χ0) is 9.26. The lowest BCUT2D eigenvalue weighted by Gasteiger charge is -2.12. The third kappa shape index (κ3) is 1.57. The van der Waals surface area contributed by atoms with E-state index in [1.54, 1.807) is 13.4 Å². The Morgan fingerprint density at radius 1 is 1.77 bits per heavy atom. The van der Waals surface area contributed by atoms with Crippen LogP contribution < -0.4 is 5.73 Å². The van der Waals surface area contributed by atoms with Gasteiger partial charge in [-0.1, -0.05) is 0 Å². The van der Waals surface area contributed by atoms with Gasteiger partial charge in [0.1, 0.15) is 12.4 Å². The summed E-state index contributed by atoms with van der Waals surface area (Å²) in [6.45, 7) is 0.446. The fraction of sp³-hybridized carbons (Fsp3) is 0.750. The second-order valence-corrected chi connectivity index (χ2v) is 3.29. The zero-order valence-electron chi connectivity index (χ0n) is 7.68. The van der Waals surface area contributed by atoms with Crippen LogP contribution in [-0.4, -0.2) is 28.4 Å². The van der Waals surface area contributed by atoms with Gasteiger partial charge < -0.3 is 15.0 Å². The minimum atomic E-state index is -0.122. The molecule has 5 nitrogen and oxygen atoms in total. The molecule has 0 saturated heterocycles. The van der Waals surface area contributed by atoms with Crippen molar-refractivity contribution >= 4 is 0 Å². The van der Waals surface area contributed by atoms with Crippen molar-refractivity contribution in [3.05, 3.63) is 12.2 Å². The van der Waals surface area contributed by atoms with E-state index in [0.29, 0.717) is 12.6 Å². The second kappa shape index (κ2) is 3.43. The number of ether oxygens (including phenoxy) is 1. The fourth-order valence-corrected chi connectivity index (χ4v) is 1.42. The summed E-state index contributed by atoms with van der Waals surface area (Å²) in [5.41, 5.74) is 5.56. The standard InChI is InChI=1S/C8H14N4O/c1-13-7(4-9)8-11-10-5-12(8)6-2-3-6/h5-7H,2-4,9H2,1H3. The molecule has 0 aliphatic heterocycles. The Balaban J connectivity index is 2.21. The molecule has 0 spiro atoms. The molecule has 13 heavy (non-hydrogen) atoms. The number of hydrogen-bond acceptors (Lipinski definition) is 4. The summed E-state index contributed by atoms with van der Waals surface area (Å²) in [7, 11) is 1.64. The quantitative estimate of drug-likeness (QED) is 0.725. The van der Waals surface area contributed by atoms with Crippen molar-refractivity contribution in [2.24, 2.45) is 5.73 Å². The Morgan fingerprint density at radius 2 is 2.54 bits per heavy atom. The van der Waals surface area contributed by atoms with E-state index in [9.17, 15) is 0 Å². The van der Waals surface area contributed by atoms with Gasteiger partial charge in [-0.05, 0) is 12.8 Å². The molecule has 1 aliphatic rings. The van der Waals surface area contributed by atoms with E-state index < -0.39 is 0 Å². The first kappa shape index (κ1) is 8.65. The van der Waals surface area contributed by atoms with E-state index in [2.05, 4.69) is 14.8 Å². The summed E-state index contributed by atoms with van der Waals surface area (Å²) >= 11 is 0. The van der Waals surface area contributed by atoms with Crippen LogP contribution in [-0.2, 0) is 4.74 Å². The Labute approximate surface area is 76.9 Å². The van der Waals surface area contributed by atoms with Gasteiger partial charge in [-0.15, -0.1) is 10.2 Å². The highest BCUT2D eigenvalue weighted by molar-refractivity contribution is 4.98. The first-order chi connectivity index (χ1) is 6.36. The highest BCUT2D eigenvalue weighted by atomic mass is 16.5. The molecule has 1 fully saturated rings. The van der Waals surface area contributed by atoms with Crippen LogP contribution in [0, 0.1) is 0 Å². The molecule has 2 rings (SSSR count). The first-order valence-electron chi connectivity index (χ1n) is 4.49. The molecule has 72 valence electrons. The molecule has 0 radical (unpaired) electrons. The van der Waals surface area contributed by atoms with Gasteiger partial charge in [0.2, 0.25) is 0 Å². The van der Waals surface area contributed by atoms with Crippen molar-refractivity contribution in [2.75, 3.05) is 13.7 Å². The van der Waals surface area contributed by atoms with Gasteiger partial charge in [0.15, 0.2) is 5.82 Å². The summed E-state index contributed by atoms with van der Waals surface area (Å²) in [6.07, 6.45) is 4.07. The summed E-state index contributed by atoms with van der Waals surface area (Å²) in [6, 6.07) is 0.578. The van der Waals surface area contributed by atoms with Gasteiger partial charge in [-0.2, -0.15) is 0 Å². The van der Waals surface area contributed by atoms with Crippen LogP contribution in [0.4, 0.5) is 0 Å². The second-order valence-electron chi connectivity index (χ2n) is 3.29. The van der Waals surface area contributed by atoms with Gasteiger partial charge in [0.05, 0.1) is 0 Å². The van der Waals surface area contributed by atoms with Crippen LogP contribution in [0.1, 0.15) is 30.8 Å². The van der Waals surface area contributed by atoms with Gasteiger partial charge in [-0.3, -0.25) is 0 Å². The van der Waals surface area contributed by atoms with Crippen LogP contribution in [0.3, 0.4) is 0 Å². The fourth-order valence-electron chi connectivity index (χ4n) is 1.42. The minimum Gasteiger partial charge on any atom is -0.372 e. The molecule has 0 bridgehead atoms. The van der Waals surface area contributed by atoms with Gasteiger partial charge in [0.25, 0.3) is 0 Å². The van der Waals surface area contributed by atoms with Crippen molar-refractivity contribution in [1.82, 2.24) is 14.8 Å². The van der Waals surface area contributed by atoms with E-state index in [1.807, 2.05) is 0 Å². The summed E-state index contributed by atoms with van der Waals surface area (Å²) in [5, 5.41) is 7.90. The van der Waals surface area contributed by atoms with Crippen LogP contribution in [0.2, 0.25) is 0 Å². The summed E-state index contributed by atoms with van der Waals surface area (Å²) in [4.78, 5) is 0. The number of rotatable bonds is 4. The van der Waals surface area contributed by atoms with Crippen molar-refractivity contribution in [3.63, 3.8) is 0 Å². The van der Waals surface area contributed by atoms with E-state index in [0.717, 1.165) is 5.82 Å². The Morgan fingerprint density at radius 3 is 3.08 bits per heavy atom. The van der Waals surface area contributed by atoms with Gasteiger partial charge >= 0.3 is 0 Å². The minimum absolute atomic E-state index is 0.122. The van der Waals surface area contributed by atoms with Crippen LogP contribution in [0.5, 0.6) is 0 Å². The highest BCUT2D eigenvalue weighted by Gasteiger charge is 2.28. The van der Waals surface area contributed by atoms with E-state index >= 15 is 0 Å². The average Bonchev–Trinajstić information content (AvgIpc) is 2.89. The predicted octanol–water partition coefficient (Wildman–Crippen LogP) is 0.259. The maximum absolute atomic E-state index is 5.56. The smallest absolute Gasteiger partial charge is 0.163 e. The summed E-state index contributed by atoms with van der Waals surface area (Å²) < 4.78 is 7.28. The third-order valence-electron chi connectivity index (χ3n) is 2.33. The molecule has 1 aromatic rings. The molecule has 1 unspecified atom stereocenters. The molecule has 1 heterocycles. The lowest BCUT2D eigenvalue weighted by molar-refractivity contribution is 0.0992. The van der Waals surface area contributed by atoms with E-state index in [1.165, 1.54) is 12.8 Å². The van der Waals surface area contributed by atoms with Crippen molar-refractivity contribution < 1.29 is 4.74 Å². The van der Waals surface area contributed by atoms with Crippen LogP contribution in [0.25, 0.3) is 0 Å². The molecule has 2 N–H and O–H groups in total. The number of methoxy groups -OCH3 is 1. The van der Waals surface area contributed by atoms with Crippen molar-refractivity contribution in [3.8, 4) is 0 Å². The maximum Gasteiger partial charge on any atom is 0.163 e. The zero-order valence-corrected chi connectivity index (χ0v) is 7.68. The Hall–Kier alpha value is -0.940. The molecule has 1 aliphatic carbocycles. The van der Waals surface area contributed by atoms with Crippen molar-refractivity contribution in [1.29, 1.82) is 0 Å². The lowest BCUT2D eigenvalue weighted by atomic mass is 10.3. The lowest BCUT2D eigenvalue weighted by Crippen LogP contribution is -2.18. The van der Waals surface area contributed by atoms with E-state index in [-0.39, 0.29) is 6.10 Å². The number of aromatic nitrogens is 3. The van der Waals surface area contributed by atoms with Crippen LogP contribution >= 0.6 is 0 Å². The Kier molecular flexibility index (Phi) is 2.28. The van der Waals surface area contributed by atoms with Crippen molar-refractivity contribution in [2.45, 2.75) is 25.0 Å². The average molecular weight is 182 g/mol. The van der Waals surface area contributed by atoms with Gasteiger partial charge in [0, 0.05) is 19.7 Å². The Bertz CT molecular complexity index is 277. The van der Waals surface area contributed by atoms with Crippen LogP contribution in [0.15, 0.2) is 6.33 Å². The molecular weight excluding hydrogens is 168 g/mol. The molecular formula is C8H14N4O. The summed E-state index contributed by atoms with van der Waals surface area (Å²) in [5.74, 6) is 0.854. The molecule has 1 atom stereocenters. The topological polar surface area (TPSA) is 66.0 Å². The third-order valence-corrected chi connectivity index (χ3v) is 2.33. The number of nitrogens with zero attached hydrogens (tertiary/aromatic N) is 3. The monoisotopic (exact) mass is 182 g/mol.